The van der Waals surface area contributed by atoms with E-state index in [0.29, 0.717) is 17.0 Å². The average molecular weight is 415 g/mol. The minimum Gasteiger partial charge on any atom is -0.322 e. The molecular formula is C21H30N6OS. The van der Waals surface area contributed by atoms with Crippen molar-refractivity contribution < 1.29 is 4.21 Å². The van der Waals surface area contributed by atoms with E-state index in [-0.39, 0.29) is 0 Å². The fourth-order valence-corrected chi connectivity index (χ4v) is 6.14. The van der Waals surface area contributed by atoms with Crippen LogP contribution in [0.2, 0.25) is 0 Å². The number of fused-ring (bicyclic) bond motifs is 2. The van der Waals surface area contributed by atoms with Gasteiger partial charge in [-0.3, -0.25) is 0 Å². The lowest BCUT2D eigenvalue weighted by Gasteiger charge is -2.18. The molecule has 5 rings (SSSR count). The third-order valence-electron chi connectivity index (χ3n) is 6.63. The number of H-pyrrole nitrogens is 1. The fraction of sp³-hybridized carbons (Fsp3) is 0.619. The van der Waals surface area contributed by atoms with Gasteiger partial charge in [0.25, 0.3) is 0 Å². The van der Waals surface area contributed by atoms with Gasteiger partial charge in [0.05, 0.1) is 0 Å². The summed E-state index contributed by atoms with van der Waals surface area (Å²) in [6.45, 7) is 2.99. The van der Waals surface area contributed by atoms with E-state index in [2.05, 4.69) is 38.5 Å². The van der Waals surface area contributed by atoms with Crippen LogP contribution in [0.4, 0.5) is 11.6 Å². The van der Waals surface area contributed by atoms with Gasteiger partial charge in [-0.1, -0.05) is 6.07 Å². The molecule has 2 heterocycles. The summed E-state index contributed by atoms with van der Waals surface area (Å²) in [4.78, 5) is 6.87. The Morgan fingerprint density at radius 1 is 1.24 bits per heavy atom. The summed E-state index contributed by atoms with van der Waals surface area (Å²) in [6, 6.07) is 2.42. The number of benzene rings is 1. The monoisotopic (exact) mass is 414 g/mol. The lowest BCUT2D eigenvalue weighted by atomic mass is 9.99. The van der Waals surface area contributed by atoms with Crippen LogP contribution in [0.1, 0.15) is 41.5 Å². The first-order valence-electron chi connectivity index (χ1n) is 10.8. The molecule has 0 bridgehead atoms. The molecule has 1 aromatic heterocycles. The molecule has 0 spiro atoms. The summed E-state index contributed by atoms with van der Waals surface area (Å²) in [5.41, 5.74) is 7.04. The molecule has 8 heteroatoms. The number of nitrogens with one attached hydrogen (secondary N) is 2. The van der Waals surface area contributed by atoms with Gasteiger partial charge in [0.2, 0.25) is 11.1 Å². The standard InChI is InChI=1S/C21H30N6OS/c1-26-10-9-14(12-26)13-27(2)29(28)21-23-20(24-25-21)22-19-17-7-3-5-15(17)11-16-6-4-8-18(16)19/h11,14H,3-10,12-13H2,1-2H3,(H2,22,23,24,25). The van der Waals surface area contributed by atoms with Crippen LogP contribution in [0.15, 0.2) is 11.2 Å². The zero-order chi connectivity index (χ0) is 20.0. The van der Waals surface area contributed by atoms with E-state index in [1.807, 2.05) is 11.4 Å². The predicted molar refractivity (Wildman–Crippen MR) is 115 cm³/mol. The van der Waals surface area contributed by atoms with Crippen molar-refractivity contribution in [3.05, 3.63) is 28.3 Å². The van der Waals surface area contributed by atoms with E-state index in [1.165, 1.54) is 53.6 Å². The van der Waals surface area contributed by atoms with Crippen LogP contribution in [0, 0.1) is 5.92 Å². The van der Waals surface area contributed by atoms with Crippen LogP contribution < -0.4 is 5.32 Å². The van der Waals surface area contributed by atoms with Crippen LogP contribution in [-0.2, 0) is 36.7 Å². The molecular weight excluding hydrogens is 384 g/mol. The topological polar surface area (TPSA) is 77.2 Å². The van der Waals surface area contributed by atoms with Gasteiger partial charge in [-0.2, -0.15) is 4.98 Å². The Bertz CT molecular complexity index is 909. The third-order valence-corrected chi connectivity index (χ3v) is 7.86. The van der Waals surface area contributed by atoms with Crippen molar-refractivity contribution in [3.8, 4) is 0 Å². The lowest BCUT2D eigenvalue weighted by molar-refractivity contribution is 0.364. The van der Waals surface area contributed by atoms with E-state index in [4.69, 9.17) is 0 Å². The maximum atomic E-state index is 12.9. The minimum absolute atomic E-state index is 0.422. The molecule has 2 N–H and O–H groups in total. The molecule has 7 nitrogen and oxygen atoms in total. The number of hydrogen-bond acceptors (Lipinski definition) is 5. The second-order valence-corrected chi connectivity index (χ2v) is 10.3. The van der Waals surface area contributed by atoms with Crippen molar-refractivity contribution in [1.29, 1.82) is 0 Å². The van der Waals surface area contributed by atoms with Gasteiger partial charge >= 0.3 is 0 Å². The van der Waals surface area contributed by atoms with Gasteiger partial charge < -0.3 is 10.2 Å². The van der Waals surface area contributed by atoms with Crippen molar-refractivity contribution >= 4 is 22.6 Å². The van der Waals surface area contributed by atoms with Gasteiger partial charge in [0.15, 0.2) is 11.0 Å². The Hall–Kier alpha value is -1.77. The van der Waals surface area contributed by atoms with Crippen molar-refractivity contribution in [2.24, 2.45) is 5.92 Å². The van der Waals surface area contributed by atoms with Crippen LogP contribution in [0.5, 0.6) is 0 Å². The highest BCUT2D eigenvalue weighted by atomic mass is 32.2. The first-order chi connectivity index (χ1) is 14.1. The molecule has 0 saturated carbocycles. The molecule has 0 amide bonds. The SMILES string of the molecule is CN1CCC(CN(C)S(=O)c2nc(Nc3c4c(cc5c3CCC5)CCC4)n[nH]2)C1. The Morgan fingerprint density at radius 2 is 1.97 bits per heavy atom. The first kappa shape index (κ1) is 19.2. The number of aryl methyl sites for hydroxylation is 2. The van der Waals surface area contributed by atoms with E-state index in [1.54, 1.807) is 0 Å². The number of nitrogens with zero attached hydrogens (tertiary/aromatic N) is 4. The van der Waals surface area contributed by atoms with E-state index >= 15 is 0 Å². The highest BCUT2D eigenvalue weighted by Gasteiger charge is 2.26. The molecule has 3 aliphatic rings. The normalized spacial score (nSPS) is 22.2. The van der Waals surface area contributed by atoms with Crippen molar-refractivity contribution in [2.75, 3.05) is 39.0 Å². The Morgan fingerprint density at radius 3 is 2.62 bits per heavy atom. The Balaban J connectivity index is 1.32. The highest BCUT2D eigenvalue weighted by Crippen LogP contribution is 2.39. The number of anilines is 2. The molecule has 2 atom stereocenters. The Kier molecular flexibility index (Phi) is 5.17. The van der Waals surface area contributed by atoms with Crippen molar-refractivity contribution in [2.45, 2.75) is 50.1 Å². The lowest BCUT2D eigenvalue weighted by Crippen LogP contribution is -2.29. The van der Waals surface area contributed by atoms with Crippen LogP contribution in [0.25, 0.3) is 0 Å². The van der Waals surface area contributed by atoms with Gasteiger partial charge in [-0.15, -0.1) is 5.10 Å². The second kappa shape index (κ2) is 7.81. The van der Waals surface area contributed by atoms with E-state index < -0.39 is 11.0 Å². The summed E-state index contributed by atoms with van der Waals surface area (Å²) in [7, 11) is 2.72. The summed E-state index contributed by atoms with van der Waals surface area (Å²) in [5, 5.41) is 11.1. The second-order valence-electron chi connectivity index (χ2n) is 8.80. The smallest absolute Gasteiger partial charge is 0.247 e. The summed E-state index contributed by atoms with van der Waals surface area (Å²) in [5.74, 6) is 1.08. The van der Waals surface area contributed by atoms with E-state index in [0.717, 1.165) is 38.9 Å². The maximum Gasteiger partial charge on any atom is 0.247 e. The van der Waals surface area contributed by atoms with Gasteiger partial charge in [-0.05, 0) is 86.7 Å². The largest absolute Gasteiger partial charge is 0.322 e. The number of rotatable bonds is 6. The molecule has 1 aliphatic heterocycles. The van der Waals surface area contributed by atoms with Gasteiger partial charge in [0, 0.05) is 25.8 Å². The van der Waals surface area contributed by atoms with Crippen molar-refractivity contribution in [1.82, 2.24) is 24.4 Å². The quantitative estimate of drug-likeness (QED) is 0.759. The third kappa shape index (κ3) is 3.73. The highest BCUT2D eigenvalue weighted by molar-refractivity contribution is 7.82. The molecule has 156 valence electrons. The van der Waals surface area contributed by atoms with Crippen LogP contribution >= 0.6 is 0 Å². The molecule has 1 aromatic carbocycles. The number of hydrogen-bond donors (Lipinski definition) is 2. The van der Waals surface area contributed by atoms with Crippen LogP contribution in [0.3, 0.4) is 0 Å². The summed E-state index contributed by atoms with van der Waals surface area (Å²) >= 11 is 0. The molecule has 29 heavy (non-hydrogen) atoms. The van der Waals surface area contributed by atoms with Gasteiger partial charge in [-0.25, -0.2) is 13.6 Å². The fourth-order valence-electron chi connectivity index (χ4n) is 5.21. The summed E-state index contributed by atoms with van der Waals surface area (Å²) < 4.78 is 14.8. The van der Waals surface area contributed by atoms with Gasteiger partial charge in [0.1, 0.15) is 0 Å². The summed E-state index contributed by atoms with van der Waals surface area (Å²) in [6.07, 6.45) is 8.17. The number of likely N-dealkylation sites (tertiary alicyclic amines) is 1. The zero-order valence-corrected chi connectivity index (χ0v) is 18.1. The molecule has 2 aromatic rings. The van der Waals surface area contributed by atoms with E-state index in [9.17, 15) is 4.21 Å². The first-order valence-corrected chi connectivity index (χ1v) is 11.9. The molecule has 1 fully saturated rings. The minimum atomic E-state index is -1.33. The molecule has 0 radical (unpaired) electrons. The zero-order valence-electron chi connectivity index (χ0n) is 17.3. The molecule has 2 aliphatic carbocycles. The van der Waals surface area contributed by atoms with Crippen molar-refractivity contribution in [3.63, 3.8) is 0 Å². The molecule has 2 unspecified atom stereocenters. The molecule has 1 saturated heterocycles. The number of aromatic nitrogens is 3. The Labute approximate surface area is 174 Å². The van der Waals surface area contributed by atoms with Crippen LogP contribution in [-0.4, -0.2) is 62.3 Å². The number of aromatic amines is 1. The average Bonchev–Trinajstić information content (AvgIpc) is 3.48. The predicted octanol–water partition coefficient (Wildman–Crippen LogP) is 2.43. The maximum absolute atomic E-state index is 12.9.